The molecule has 1 aromatic carbocycles. The first-order chi connectivity index (χ1) is 10.3. The second kappa shape index (κ2) is 5.69. The van der Waals surface area contributed by atoms with E-state index in [0.29, 0.717) is 22.0 Å². The fourth-order valence-corrected chi connectivity index (χ4v) is 2.72. The third-order valence-corrected chi connectivity index (χ3v) is 3.71. The van der Waals surface area contributed by atoms with E-state index in [9.17, 15) is 5.26 Å². The molecule has 0 aliphatic rings. The molecule has 5 nitrogen and oxygen atoms in total. The Balaban J connectivity index is 2.11. The molecular weight excluding hydrogens is 284 g/mol. The van der Waals surface area contributed by atoms with Gasteiger partial charge in [0.1, 0.15) is 22.4 Å². The summed E-state index contributed by atoms with van der Waals surface area (Å²) >= 11 is 1.37. The number of anilines is 1. The predicted octanol–water partition coefficient (Wildman–Crippen LogP) is 3.34. The van der Waals surface area contributed by atoms with Gasteiger partial charge in [-0.2, -0.15) is 5.26 Å². The highest BCUT2D eigenvalue weighted by atomic mass is 32.2. The molecule has 0 unspecified atom stereocenters. The molecule has 2 N–H and O–H groups in total. The van der Waals surface area contributed by atoms with Gasteiger partial charge in [0.05, 0.1) is 6.26 Å². The van der Waals surface area contributed by atoms with Crippen molar-refractivity contribution in [3.8, 4) is 17.5 Å². The smallest absolute Gasteiger partial charge is 0.221 e. The van der Waals surface area contributed by atoms with Gasteiger partial charge < -0.3 is 10.2 Å². The van der Waals surface area contributed by atoms with Gasteiger partial charge in [-0.15, -0.1) is 0 Å². The van der Waals surface area contributed by atoms with Crippen molar-refractivity contribution >= 4 is 17.7 Å². The first kappa shape index (κ1) is 13.2. The zero-order chi connectivity index (χ0) is 14.7. The van der Waals surface area contributed by atoms with Gasteiger partial charge in [0.2, 0.25) is 5.95 Å². The quantitative estimate of drug-likeness (QED) is 0.745. The van der Waals surface area contributed by atoms with Crippen molar-refractivity contribution in [1.29, 1.82) is 5.26 Å². The highest BCUT2D eigenvalue weighted by Gasteiger charge is 2.17. The zero-order valence-corrected chi connectivity index (χ0v) is 11.7. The maximum Gasteiger partial charge on any atom is 0.221 e. The molecule has 0 saturated heterocycles. The number of nitrogen functional groups attached to an aromatic ring is 1. The molecule has 102 valence electrons. The molecule has 0 saturated carbocycles. The van der Waals surface area contributed by atoms with Gasteiger partial charge in [0.25, 0.3) is 0 Å². The lowest BCUT2D eigenvalue weighted by Crippen LogP contribution is -2.01. The lowest BCUT2D eigenvalue weighted by atomic mass is 10.2. The van der Waals surface area contributed by atoms with E-state index in [1.54, 1.807) is 12.1 Å². The van der Waals surface area contributed by atoms with Crippen LogP contribution < -0.4 is 5.73 Å². The van der Waals surface area contributed by atoms with Gasteiger partial charge in [0.15, 0.2) is 5.76 Å². The number of furan rings is 1. The molecule has 3 rings (SSSR count). The van der Waals surface area contributed by atoms with Crippen molar-refractivity contribution in [3.63, 3.8) is 0 Å². The van der Waals surface area contributed by atoms with Crippen molar-refractivity contribution in [2.45, 2.75) is 9.92 Å². The molecule has 0 amide bonds. The fraction of sp³-hybridized carbons (Fsp3) is 0. The summed E-state index contributed by atoms with van der Waals surface area (Å²) in [7, 11) is 0. The summed E-state index contributed by atoms with van der Waals surface area (Å²) in [4.78, 5) is 9.27. The average molecular weight is 294 g/mol. The zero-order valence-electron chi connectivity index (χ0n) is 10.9. The molecule has 0 radical (unpaired) electrons. The van der Waals surface area contributed by atoms with Gasteiger partial charge >= 0.3 is 0 Å². The standard InChI is InChI=1S/C15H10N4OS/c16-9-11-13(12-7-4-8-20-12)18-15(17)19-14(11)21-10-5-2-1-3-6-10/h1-8H,(H2,17,18,19). The first-order valence-electron chi connectivity index (χ1n) is 6.12. The van der Waals surface area contributed by atoms with Crippen molar-refractivity contribution in [1.82, 2.24) is 9.97 Å². The number of rotatable bonds is 3. The molecule has 0 bridgehead atoms. The Morgan fingerprint density at radius 1 is 1.10 bits per heavy atom. The lowest BCUT2D eigenvalue weighted by Gasteiger charge is -2.07. The molecule has 0 aliphatic heterocycles. The Morgan fingerprint density at radius 2 is 1.90 bits per heavy atom. The largest absolute Gasteiger partial charge is 0.463 e. The van der Waals surface area contributed by atoms with Crippen molar-refractivity contribution in [2.75, 3.05) is 5.73 Å². The van der Waals surface area contributed by atoms with E-state index >= 15 is 0 Å². The van der Waals surface area contributed by atoms with Gasteiger partial charge in [-0.3, -0.25) is 0 Å². The van der Waals surface area contributed by atoms with Crippen LogP contribution in [0.3, 0.4) is 0 Å². The number of nitrogens with zero attached hydrogens (tertiary/aromatic N) is 3. The number of nitrogens with two attached hydrogens (primary N) is 1. The minimum Gasteiger partial charge on any atom is -0.463 e. The van der Waals surface area contributed by atoms with Crippen LogP contribution >= 0.6 is 11.8 Å². The predicted molar refractivity (Wildman–Crippen MR) is 79.4 cm³/mol. The Labute approximate surface area is 125 Å². The molecule has 2 aromatic heterocycles. The molecule has 2 heterocycles. The molecular formula is C15H10N4OS. The van der Waals surface area contributed by atoms with Gasteiger partial charge in [-0.25, -0.2) is 9.97 Å². The Bertz CT molecular complexity index is 795. The van der Waals surface area contributed by atoms with Crippen molar-refractivity contribution < 1.29 is 4.42 Å². The fourth-order valence-electron chi connectivity index (χ4n) is 1.82. The molecule has 0 fully saturated rings. The van der Waals surface area contributed by atoms with Crippen LogP contribution in [0.15, 0.2) is 63.1 Å². The van der Waals surface area contributed by atoms with Crippen LogP contribution in [0.5, 0.6) is 0 Å². The second-order valence-corrected chi connectivity index (χ2v) is 5.18. The van der Waals surface area contributed by atoms with Gasteiger partial charge in [0, 0.05) is 4.90 Å². The van der Waals surface area contributed by atoms with Crippen LogP contribution in [0.25, 0.3) is 11.5 Å². The Hall–Kier alpha value is -2.78. The maximum atomic E-state index is 9.44. The summed E-state index contributed by atoms with van der Waals surface area (Å²) in [5, 5.41) is 9.96. The van der Waals surface area contributed by atoms with E-state index in [1.807, 2.05) is 30.3 Å². The summed E-state index contributed by atoms with van der Waals surface area (Å²) in [5.74, 6) is 0.606. The number of nitriles is 1. The third-order valence-electron chi connectivity index (χ3n) is 2.72. The highest BCUT2D eigenvalue weighted by molar-refractivity contribution is 7.99. The summed E-state index contributed by atoms with van der Waals surface area (Å²) < 4.78 is 5.32. The monoisotopic (exact) mass is 294 g/mol. The van der Waals surface area contributed by atoms with E-state index in [2.05, 4.69) is 16.0 Å². The van der Waals surface area contributed by atoms with Crippen LogP contribution in [0.2, 0.25) is 0 Å². The normalized spacial score (nSPS) is 10.2. The van der Waals surface area contributed by atoms with Crippen LogP contribution in [-0.2, 0) is 0 Å². The maximum absolute atomic E-state index is 9.44. The van der Waals surface area contributed by atoms with Crippen LogP contribution in [-0.4, -0.2) is 9.97 Å². The number of benzene rings is 1. The van der Waals surface area contributed by atoms with Crippen LogP contribution in [0.4, 0.5) is 5.95 Å². The number of hydrogen-bond acceptors (Lipinski definition) is 6. The van der Waals surface area contributed by atoms with E-state index in [1.165, 1.54) is 18.0 Å². The Kier molecular flexibility index (Phi) is 3.58. The third kappa shape index (κ3) is 2.73. The van der Waals surface area contributed by atoms with Crippen LogP contribution in [0.1, 0.15) is 5.56 Å². The summed E-state index contributed by atoms with van der Waals surface area (Å²) in [6, 6.07) is 15.3. The minimum absolute atomic E-state index is 0.110. The molecule has 6 heteroatoms. The number of hydrogen-bond donors (Lipinski definition) is 1. The van der Waals surface area contributed by atoms with E-state index < -0.39 is 0 Å². The Morgan fingerprint density at radius 3 is 2.57 bits per heavy atom. The lowest BCUT2D eigenvalue weighted by molar-refractivity contribution is 0.579. The van der Waals surface area contributed by atoms with Crippen LogP contribution in [0, 0.1) is 11.3 Å². The summed E-state index contributed by atoms with van der Waals surface area (Å²) in [6.45, 7) is 0. The summed E-state index contributed by atoms with van der Waals surface area (Å²) in [5.41, 5.74) is 6.52. The topological polar surface area (TPSA) is 88.7 Å². The van der Waals surface area contributed by atoms with Gasteiger partial charge in [-0.1, -0.05) is 30.0 Å². The molecule has 0 atom stereocenters. The molecule has 0 aliphatic carbocycles. The van der Waals surface area contributed by atoms with E-state index in [4.69, 9.17) is 10.2 Å². The molecule has 0 spiro atoms. The second-order valence-electron chi connectivity index (χ2n) is 4.11. The first-order valence-corrected chi connectivity index (χ1v) is 6.94. The van der Waals surface area contributed by atoms with E-state index in [-0.39, 0.29) is 5.95 Å². The summed E-state index contributed by atoms with van der Waals surface area (Å²) in [6.07, 6.45) is 1.53. The highest BCUT2D eigenvalue weighted by Crippen LogP contribution is 2.33. The molecule has 3 aromatic rings. The van der Waals surface area contributed by atoms with Crippen molar-refractivity contribution in [3.05, 3.63) is 54.3 Å². The van der Waals surface area contributed by atoms with Crippen molar-refractivity contribution in [2.24, 2.45) is 0 Å². The minimum atomic E-state index is 0.110. The van der Waals surface area contributed by atoms with Gasteiger partial charge in [-0.05, 0) is 24.3 Å². The average Bonchev–Trinajstić information content (AvgIpc) is 3.02. The number of aromatic nitrogens is 2. The molecule has 21 heavy (non-hydrogen) atoms. The van der Waals surface area contributed by atoms with E-state index in [0.717, 1.165) is 4.90 Å². The SMILES string of the molecule is N#Cc1c(Sc2ccccc2)nc(N)nc1-c1ccco1.